The number of pyridine rings is 1. The van der Waals surface area contributed by atoms with Crippen molar-refractivity contribution in [3.8, 4) is 0 Å². The lowest BCUT2D eigenvalue weighted by molar-refractivity contribution is -0.697. The summed E-state index contributed by atoms with van der Waals surface area (Å²) in [5.41, 5.74) is 1.38. The van der Waals surface area contributed by atoms with Gasteiger partial charge >= 0.3 is 0 Å². The summed E-state index contributed by atoms with van der Waals surface area (Å²) in [7, 11) is 0. The molecule has 1 nitrogen and oxygen atoms in total. The first-order chi connectivity index (χ1) is 7.34. The van der Waals surface area contributed by atoms with Gasteiger partial charge in [-0.25, -0.2) is 4.57 Å². The van der Waals surface area contributed by atoms with Crippen LogP contribution in [0.25, 0.3) is 0 Å². The molecule has 0 unspecified atom stereocenters. The molecular weight excluding hydrogens is 330 g/mol. The molecule has 1 heterocycles. The first-order valence-electron chi connectivity index (χ1n) is 5.03. The van der Waals surface area contributed by atoms with Crippen molar-refractivity contribution < 1.29 is 21.5 Å². The van der Waals surface area contributed by atoms with Crippen molar-refractivity contribution in [3.05, 3.63) is 64.9 Å². The van der Waals surface area contributed by atoms with Crippen LogP contribution in [0.3, 0.4) is 0 Å². The van der Waals surface area contributed by atoms with E-state index < -0.39 is 0 Å². The number of halogens is 2. The molecule has 3 heteroatoms. The highest BCUT2D eigenvalue weighted by Gasteiger charge is 2.01. The third kappa shape index (κ3) is 4.06. The molecule has 0 fully saturated rings. The number of benzene rings is 1. The van der Waals surface area contributed by atoms with Crippen molar-refractivity contribution in [2.24, 2.45) is 0 Å². The largest absolute Gasteiger partial charge is 1.00 e. The van der Waals surface area contributed by atoms with E-state index in [2.05, 4.69) is 69.3 Å². The molecule has 0 spiro atoms. The van der Waals surface area contributed by atoms with Gasteiger partial charge in [-0.15, -0.1) is 0 Å². The van der Waals surface area contributed by atoms with E-state index in [1.165, 1.54) is 5.56 Å². The molecule has 0 saturated carbocycles. The van der Waals surface area contributed by atoms with Gasteiger partial charge in [0.15, 0.2) is 18.9 Å². The molecule has 0 N–H and O–H groups in total. The van der Waals surface area contributed by atoms with Crippen LogP contribution in [0.5, 0.6) is 0 Å². The van der Waals surface area contributed by atoms with Crippen molar-refractivity contribution in [3.63, 3.8) is 0 Å². The molecule has 2 rings (SSSR count). The maximum atomic E-state index is 3.47. The molecule has 1 aromatic carbocycles. The number of aromatic nitrogens is 1. The average Bonchev–Trinajstić information content (AvgIpc) is 2.28. The number of rotatable bonds is 3. The Hall–Kier alpha value is -0.670. The minimum absolute atomic E-state index is 0. The summed E-state index contributed by atoms with van der Waals surface area (Å²) in [6.07, 6.45) is 5.26. The summed E-state index contributed by atoms with van der Waals surface area (Å²) >= 11 is 3.47. The Kier molecular flexibility index (Phi) is 5.71. The number of hydrogen-bond acceptors (Lipinski definition) is 0. The maximum absolute atomic E-state index is 3.47. The smallest absolute Gasteiger partial charge is 0.183 e. The van der Waals surface area contributed by atoms with Crippen molar-refractivity contribution in [1.82, 2.24) is 0 Å². The second-order valence-electron chi connectivity index (χ2n) is 3.50. The predicted molar refractivity (Wildman–Crippen MR) is 64.5 cm³/mol. The quantitative estimate of drug-likeness (QED) is 0.690. The van der Waals surface area contributed by atoms with Gasteiger partial charge in [-0.2, -0.15) is 0 Å². The Morgan fingerprint density at radius 2 is 1.75 bits per heavy atom. The Bertz CT molecular complexity index is 429. The molecule has 0 aliphatic rings. The van der Waals surface area contributed by atoms with Crippen LogP contribution in [0, 0.1) is 0 Å². The summed E-state index contributed by atoms with van der Waals surface area (Å²) < 4.78 is 3.31. The van der Waals surface area contributed by atoms with Crippen molar-refractivity contribution >= 4 is 15.9 Å². The Morgan fingerprint density at radius 3 is 2.44 bits per heavy atom. The van der Waals surface area contributed by atoms with E-state index in [-0.39, 0.29) is 17.0 Å². The highest BCUT2D eigenvalue weighted by molar-refractivity contribution is 9.10. The zero-order chi connectivity index (χ0) is 10.5. The van der Waals surface area contributed by atoms with E-state index in [4.69, 9.17) is 0 Å². The third-order valence-corrected chi connectivity index (χ3v) is 2.79. The first-order valence-corrected chi connectivity index (χ1v) is 5.82. The van der Waals surface area contributed by atoms with Crippen molar-refractivity contribution in [1.29, 1.82) is 0 Å². The fourth-order valence-electron chi connectivity index (χ4n) is 1.53. The highest BCUT2D eigenvalue weighted by Crippen LogP contribution is 2.04. The molecule has 16 heavy (non-hydrogen) atoms. The van der Waals surface area contributed by atoms with E-state index in [0.29, 0.717) is 0 Å². The summed E-state index contributed by atoms with van der Waals surface area (Å²) in [6.45, 7) is 1.02. The van der Waals surface area contributed by atoms with Gasteiger partial charge in [0.1, 0.15) is 0 Å². The van der Waals surface area contributed by atoms with Gasteiger partial charge in [0, 0.05) is 12.5 Å². The van der Waals surface area contributed by atoms with Crippen LogP contribution in [-0.2, 0) is 13.0 Å². The van der Waals surface area contributed by atoms with E-state index in [9.17, 15) is 0 Å². The SMILES string of the molecule is Brc1ccc[n+](CCc2ccccc2)c1.[Br-]. The van der Waals surface area contributed by atoms with Crippen LogP contribution in [0.2, 0.25) is 0 Å². The van der Waals surface area contributed by atoms with Gasteiger partial charge in [-0.1, -0.05) is 30.3 Å². The summed E-state index contributed by atoms with van der Waals surface area (Å²) in [4.78, 5) is 0. The fraction of sp³-hybridized carbons (Fsp3) is 0.154. The molecule has 0 saturated heterocycles. The predicted octanol–water partition coefficient (Wildman–Crippen LogP) is -0.0167. The van der Waals surface area contributed by atoms with Crippen LogP contribution in [0.4, 0.5) is 0 Å². The zero-order valence-electron chi connectivity index (χ0n) is 8.81. The summed E-state index contributed by atoms with van der Waals surface area (Å²) in [6, 6.07) is 14.6. The van der Waals surface area contributed by atoms with E-state index in [1.54, 1.807) is 0 Å². The van der Waals surface area contributed by atoms with Crippen LogP contribution in [-0.4, -0.2) is 0 Å². The average molecular weight is 343 g/mol. The second-order valence-corrected chi connectivity index (χ2v) is 4.41. The summed E-state index contributed by atoms with van der Waals surface area (Å²) in [5.74, 6) is 0. The maximum Gasteiger partial charge on any atom is 0.183 e. The highest BCUT2D eigenvalue weighted by atomic mass is 79.9. The lowest BCUT2D eigenvalue weighted by Crippen LogP contribution is -3.00. The standard InChI is InChI=1S/C13H13BrN.BrH/c14-13-7-4-9-15(11-13)10-8-12-5-2-1-3-6-12;/h1-7,9,11H,8,10H2;1H/q+1;/p-1. The lowest BCUT2D eigenvalue weighted by Gasteiger charge is -1.98. The normalized spacial score (nSPS) is 9.56. The van der Waals surface area contributed by atoms with Crippen molar-refractivity contribution in [2.75, 3.05) is 0 Å². The molecule has 84 valence electrons. The first kappa shape index (κ1) is 13.4. The Labute approximate surface area is 115 Å². The van der Waals surface area contributed by atoms with Gasteiger partial charge in [-0.05, 0) is 27.6 Å². The number of nitrogens with zero attached hydrogens (tertiary/aromatic N) is 1. The Balaban J connectivity index is 0.00000128. The fourth-order valence-corrected chi connectivity index (χ4v) is 1.95. The molecule has 0 aliphatic heterocycles. The number of aryl methyl sites for hydroxylation is 2. The summed E-state index contributed by atoms with van der Waals surface area (Å²) in [5, 5.41) is 0. The minimum atomic E-state index is 0. The molecule has 2 aromatic rings. The molecule has 0 atom stereocenters. The van der Waals surface area contributed by atoms with Crippen LogP contribution < -0.4 is 21.5 Å². The van der Waals surface area contributed by atoms with E-state index in [1.807, 2.05) is 6.07 Å². The lowest BCUT2D eigenvalue weighted by atomic mass is 10.1. The van der Waals surface area contributed by atoms with Crippen LogP contribution in [0.1, 0.15) is 5.56 Å². The van der Waals surface area contributed by atoms with E-state index >= 15 is 0 Å². The van der Waals surface area contributed by atoms with Gasteiger partial charge in [0.25, 0.3) is 0 Å². The molecule has 0 aliphatic carbocycles. The van der Waals surface area contributed by atoms with Crippen molar-refractivity contribution in [2.45, 2.75) is 13.0 Å². The van der Waals surface area contributed by atoms with Gasteiger partial charge in [0.2, 0.25) is 0 Å². The van der Waals surface area contributed by atoms with Gasteiger partial charge in [-0.3, -0.25) is 0 Å². The Morgan fingerprint density at radius 1 is 1.00 bits per heavy atom. The topological polar surface area (TPSA) is 3.88 Å². The molecule has 0 bridgehead atoms. The van der Waals surface area contributed by atoms with Crippen LogP contribution >= 0.6 is 15.9 Å². The second kappa shape index (κ2) is 6.81. The van der Waals surface area contributed by atoms with Gasteiger partial charge in [0.05, 0.1) is 4.47 Å². The van der Waals surface area contributed by atoms with Crippen LogP contribution in [0.15, 0.2) is 59.3 Å². The molecule has 0 radical (unpaired) electrons. The monoisotopic (exact) mass is 341 g/mol. The zero-order valence-corrected chi connectivity index (χ0v) is 12.0. The molecular formula is C13H13Br2N. The van der Waals surface area contributed by atoms with E-state index in [0.717, 1.165) is 17.4 Å². The molecule has 0 amide bonds. The number of hydrogen-bond donors (Lipinski definition) is 0. The third-order valence-electron chi connectivity index (χ3n) is 2.32. The minimum Gasteiger partial charge on any atom is -1.00 e. The van der Waals surface area contributed by atoms with Gasteiger partial charge < -0.3 is 17.0 Å². The molecule has 1 aromatic heterocycles.